The van der Waals surface area contributed by atoms with Crippen LogP contribution in [0, 0.1) is 0 Å². The van der Waals surface area contributed by atoms with Gasteiger partial charge in [0.2, 0.25) is 5.91 Å². The lowest BCUT2D eigenvalue weighted by Crippen LogP contribution is -2.52. The average molecular weight is 416 g/mol. The minimum absolute atomic E-state index is 0.0320. The summed E-state index contributed by atoms with van der Waals surface area (Å²) >= 11 is 0. The Labute approximate surface area is 180 Å². The Morgan fingerprint density at radius 2 is 1.71 bits per heavy atom. The standard InChI is InChI=1S/C24H24N4O3/c29-23(27-13-11-26(12-14-27)19-7-2-1-3-8-19)20-17-28(24(30)21-9-5-15-31-21)16-18-6-4-10-25-22(18)20/h1-10,15,20H,11-14,16-17H2. The maximum Gasteiger partial charge on any atom is 0.289 e. The maximum absolute atomic E-state index is 13.5. The SMILES string of the molecule is O=C(c1ccco1)N1Cc2cccnc2C(C(=O)N2CCN(c3ccccc3)CC2)C1. The molecule has 0 aliphatic carbocycles. The molecule has 158 valence electrons. The molecule has 0 spiro atoms. The van der Waals surface area contributed by atoms with Gasteiger partial charge in [-0.1, -0.05) is 24.3 Å². The number of para-hydroxylation sites is 1. The molecule has 7 nitrogen and oxygen atoms in total. The van der Waals surface area contributed by atoms with E-state index in [1.54, 1.807) is 23.2 Å². The fourth-order valence-electron chi connectivity index (χ4n) is 4.43. The van der Waals surface area contributed by atoms with Crippen molar-refractivity contribution in [3.63, 3.8) is 0 Å². The molecule has 0 radical (unpaired) electrons. The van der Waals surface area contributed by atoms with E-state index in [0.717, 1.165) is 24.3 Å². The lowest BCUT2D eigenvalue weighted by molar-refractivity contribution is -0.133. The number of benzene rings is 1. The van der Waals surface area contributed by atoms with Crippen LogP contribution in [0.4, 0.5) is 5.69 Å². The Morgan fingerprint density at radius 3 is 2.45 bits per heavy atom. The van der Waals surface area contributed by atoms with E-state index in [9.17, 15) is 9.59 Å². The molecule has 2 aliphatic rings. The third kappa shape index (κ3) is 3.79. The van der Waals surface area contributed by atoms with E-state index < -0.39 is 5.92 Å². The fraction of sp³-hybridized carbons (Fsp3) is 0.292. The third-order valence-corrected chi connectivity index (χ3v) is 6.05. The van der Waals surface area contributed by atoms with Gasteiger partial charge in [-0.3, -0.25) is 14.6 Å². The van der Waals surface area contributed by atoms with Crippen molar-refractivity contribution >= 4 is 17.5 Å². The van der Waals surface area contributed by atoms with Crippen LogP contribution in [0.25, 0.3) is 0 Å². The molecular formula is C24H24N4O3. The Hall–Kier alpha value is -3.61. The second-order valence-electron chi connectivity index (χ2n) is 7.91. The third-order valence-electron chi connectivity index (χ3n) is 6.05. The highest BCUT2D eigenvalue weighted by molar-refractivity contribution is 5.93. The molecular weight excluding hydrogens is 392 g/mol. The summed E-state index contributed by atoms with van der Waals surface area (Å²) in [7, 11) is 0. The zero-order valence-electron chi connectivity index (χ0n) is 17.2. The summed E-state index contributed by atoms with van der Waals surface area (Å²) in [6, 6.07) is 17.4. The van der Waals surface area contributed by atoms with Crippen molar-refractivity contribution in [2.24, 2.45) is 0 Å². The Bertz CT molecular complexity index is 1060. The van der Waals surface area contributed by atoms with E-state index in [1.165, 1.54) is 12.0 Å². The van der Waals surface area contributed by atoms with E-state index >= 15 is 0 Å². The van der Waals surface area contributed by atoms with E-state index in [2.05, 4.69) is 22.0 Å². The van der Waals surface area contributed by atoms with Crippen molar-refractivity contribution in [2.75, 3.05) is 37.6 Å². The van der Waals surface area contributed by atoms with Crippen LogP contribution >= 0.6 is 0 Å². The molecule has 0 bridgehead atoms. The second-order valence-corrected chi connectivity index (χ2v) is 7.91. The zero-order valence-corrected chi connectivity index (χ0v) is 17.2. The van der Waals surface area contributed by atoms with Gasteiger partial charge in [0.25, 0.3) is 5.91 Å². The highest BCUT2D eigenvalue weighted by atomic mass is 16.3. The summed E-state index contributed by atoms with van der Waals surface area (Å²) in [4.78, 5) is 36.8. The summed E-state index contributed by atoms with van der Waals surface area (Å²) in [6.45, 7) is 3.60. The Morgan fingerprint density at radius 1 is 0.903 bits per heavy atom. The molecule has 2 aliphatic heterocycles. The summed E-state index contributed by atoms with van der Waals surface area (Å²) in [6.07, 6.45) is 3.21. The molecule has 5 rings (SSSR count). The molecule has 2 aromatic heterocycles. The molecule has 0 N–H and O–H groups in total. The van der Waals surface area contributed by atoms with Crippen LogP contribution in [-0.2, 0) is 11.3 Å². The number of piperazine rings is 1. The number of rotatable bonds is 3. The minimum Gasteiger partial charge on any atom is -0.459 e. The van der Waals surface area contributed by atoms with Gasteiger partial charge in [0.05, 0.1) is 17.9 Å². The van der Waals surface area contributed by atoms with Crippen molar-refractivity contribution in [2.45, 2.75) is 12.5 Å². The number of aromatic nitrogens is 1. The number of pyridine rings is 1. The van der Waals surface area contributed by atoms with Crippen molar-refractivity contribution in [1.29, 1.82) is 0 Å². The van der Waals surface area contributed by atoms with Crippen LogP contribution in [0.5, 0.6) is 0 Å². The van der Waals surface area contributed by atoms with Crippen LogP contribution in [0.2, 0.25) is 0 Å². The van der Waals surface area contributed by atoms with Gasteiger partial charge in [0, 0.05) is 51.2 Å². The molecule has 1 fully saturated rings. The number of hydrogen-bond donors (Lipinski definition) is 0. The van der Waals surface area contributed by atoms with Gasteiger partial charge in [-0.25, -0.2) is 0 Å². The first kappa shape index (κ1) is 19.4. The number of hydrogen-bond acceptors (Lipinski definition) is 5. The lowest BCUT2D eigenvalue weighted by atomic mass is 9.93. The summed E-state index contributed by atoms with van der Waals surface area (Å²) in [5.74, 6) is -0.349. The average Bonchev–Trinajstić information content (AvgIpc) is 3.38. The van der Waals surface area contributed by atoms with Crippen LogP contribution < -0.4 is 4.90 Å². The van der Waals surface area contributed by atoms with Crippen LogP contribution in [-0.4, -0.2) is 59.3 Å². The molecule has 1 atom stereocenters. The van der Waals surface area contributed by atoms with Crippen LogP contribution in [0.1, 0.15) is 27.7 Å². The number of carbonyl (C=O) groups excluding carboxylic acids is 2. The predicted octanol–water partition coefficient (Wildman–Crippen LogP) is 2.76. The van der Waals surface area contributed by atoms with Gasteiger partial charge in [0.1, 0.15) is 0 Å². The van der Waals surface area contributed by atoms with Gasteiger partial charge in [-0.2, -0.15) is 0 Å². The van der Waals surface area contributed by atoms with E-state index in [4.69, 9.17) is 4.42 Å². The first-order chi connectivity index (χ1) is 15.2. The molecule has 4 heterocycles. The molecule has 2 amide bonds. The molecule has 1 aromatic carbocycles. The fourth-order valence-corrected chi connectivity index (χ4v) is 4.43. The van der Waals surface area contributed by atoms with Gasteiger partial charge < -0.3 is 19.1 Å². The van der Waals surface area contributed by atoms with Crippen LogP contribution in [0.15, 0.2) is 71.5 Å². The van der Waals surface area contributed by atoms with Gasteiger partial charge >= 0.3 is 0 Å². The second kappa shape index (κ2) is 8.26. The number of carbonyl (C=O) groups is 2. The van der Waals surface area contributed by atoms with Crippen LogP contribution in [0.3, 0.4) is 0 Å². The largest absolute Gasteiger partial charge is 0.459 e. The lowest BCUT2D eigenvalue weighted by Gasteiger charge is -2.39. The predicted molar refractivity (Wildman–Crippen MR) is 116 cm³/mol. The van der Waals surface area contributed by atoms with Gasteiger partial charge in [-0.05, 0) is 35.9 Å². The van der Waals surface area contributed by atoms with E-state index in [-0.39, 0.29) is 17.6 Å². The first-order valence-electron chi connectivity index (χ1n) is 10.6. The molecule has 7 heteroatoms. The van der Waals surface area contributed by atoms with Crippen molar-refractivity contribution in [3.05, 3.63) is 84.1 Å². The van der Waals surface area contributed by atoms with Crippen molar-refractivity contribution in [1.82, 2.24) is 14.8 Å². The summed E-state index contributed by atoms with van der Waals surface area (Å²) in [5, 5.41) is 0. The maximum atomic E-state index is 13.5. The number of amides is 2. The summed E-state index contributed by atoms with van der Waals surface area (Å²) < 4.78 is 5.29. The van der Waals surface area contributed by atoms with Gasteiger partial charge in [0.15, 0.2) is 5.76 Å². The highest BCUT2D eigenvalue weighted by Gasteiger charge is 2.37. The van der Waals surface area contributed by atoms with Gasteiger partial charge in [-0.15, -0.1) is 0 Å². The molecule has 1 unspecified atom stereocenters. The zero-order chi connectivity index (χ0) is 21.2. The Kier molecular flexibility index (Phi) is 5.16. The highest BCUT2D eigenvalue weighted by Crippen LogP contribution is 2.30. The molecule has 31 heavy (non-hydrogen) atoms. The molecule has 3 aromatic rings. The normalized spacial score (nSPS) is 18.6. The minimum atomic E-state index is -0.466. The summed E-state index contributed by atoms with van der Waals surface area (Å²) in [5.41, 5.74) is 2.87. The monoisotopic (exact) mass is 416 g/mol. The number of anilines is 1. The number of nitrogens with zero attached hydrogens (tertiary/aromatic N) is 4. The number of fused-ring (bicyclic) bond motifs is 1. The smallest absolute Gasteiger partial charge is 0.289 e. The molecule has 1 saturated heterocycles. The van der Waals surface area contributed by atoms with Crippen molar-refractivity contribution in [3.8, 4) is 0 Å². The number of furan rings is 1. The van der Waals surface area contributed by atoms with E-state index in [0.29, 0.717) is 26.2 Å². The topological polar surface area (TPSA) is 69.9 Å². The first-order valence-corrected chi connectivity index (χ1v) is 10.6. The quantitative estimate of drug-likeness (QED) is 0.657. The van der Waals surface area contributed by atoms with Crippen molar-refractivity contribution < 1.29 is 14.0 Å². The molecule has 0 saturated carbocycles. The Balaban J connectivity index is 1.33. The van der Waals surface area contributed by atoms with E-state index in [1.807, 2.05) is 35.2 Å².